The molecule has 2 atom stereocenters. The number of carbonyl (C=O) groups excluding carboxylic acids is 1. The largest absolute Gasteiger partial charge is 0.585 e. The molecule has 0 aliphatic rings. The highest BCUT2D eigenvalue weighted by Gasteiger charge is 2.20. The number of hydrogen-bond acceptors (Lipinski definition) is 6. The first-order valence-electron chi connectivity index (χ1n) is 5.75. The van der Waals surface area contributed by atoms with E-state index in [9.17, 15) is 9.36 Å². The first-order chi connectivity index (χ1) is 8.45. The van der Waals surface area contributed by atoms with E-state index in [0.717, 1.165) is 0 Å². The van der Waals surface area contributed by atoms with Crippen molar-refractivity contribution < 1.29 is 18.6 Å². The molecule has 0 saturated carbocycles. The van der Waals surface area contributed by atoms with E-state index < -0.39 is 19.3 Å². The standard InChI is InChI=1S/C11H19NO4PS/c1-9(2)8-15-17(14)18-6-4-5-11(7-12)16-10(3)13/h9,11H,4-6,8H2,1-3H3/q+1. The molecule has 2 unspecified atom stereocenters. The van der Waals surface area contributed by atoms with Crippen molar-refractivity contribution in [3.63, 3.8) is 0 Å². The summed E-state index contributed by atoms with van der Waals surface area (Å²) in [5, 5.41) is 8.71. The van der Waals surface area contributed by atoms with Crippen molar-refractivity contribution in [3.8, 4) is 6.07 Å². The first kappa shape index (κ1) is 17.4. The average Bonchev–Trinajstić information content (AvgIpc) is 2.29. The fourth-order valence-electron chi connectivity index (χ4n) is 1.01. The normalized spacial score (nSPS) is 12.9. The molecule has 7 heteroatoms. The maximum Gasteiger partial charge on any atom is 0.585 e. The van der Waals surface area contributed by atoms with Gasteiger partial charge in [0.2, 0.25) is 0 Å². The highest BCUT2D eigenvalue weighted by Crippen LogP contribution is 2.39. The van der Waals surface area contributed by atoms with Gasteiger partial charge in [-0.3, -0.25) is 4.79 Å². The molecule has 0 aliphatic heterocycles. The van der Waals surface area contributed by atoms with Crippen molar-refractivity contribution in [2.24, 2.45) is 5.92 Å². The lowest BCUT2D eigenvalue weighted by Crippen LogP contribution is -2.14. The third kappa shape index (κ3) is 10.5. The van der Waals surface area contributed by atoms with E-state index in [4.69, 9.17) is 14.5 Å². The van der Waals surface area contributed by atoms with Crippen molar-refractivity contribution in [2.45, 2.75) is 39.7 Å². The number of esters is 1. The summed E-state index contributed by atoms with van der Waals surface area (Å²) in [6, 6.07) is 1.91. The highest BCUT2D eigenvalue weighted by molar-refractivity contribution is 8.50. The minimum atomic E-state index is -1.69. The Balaban J connectivity index is 3.63. The monoisotopic (exact) mass is 292 g/mol. The Labute approximate surface area is 113 Å². The zero-order valence-corrected chi connectivity index (χ0v) is 12.6. The van der Waals surface area contributed by atoms with Gasteiger partial charge in [-0.05, 0) is 23.3 Å². The lowest BCUT2D eigenvalue weighted by Gasteiger charge is -2.07. The van der Waals surface area contributed by atoms with Crippen molar-refractivity contribution in [1.82, 2.24) is 0 Å². The Morgan fingerprint density at radius 1 is 1.50 bits per heavy atom. The molecule has 0 heterocycles. The average molecular weight is 292 g/mol. The van der Waals surface area contributed by atoms with E-state index in [2.05, 4.69) is 0 Å². The van der Waals surface area contributed by atoms with Gasteiger partial charge in [-0.15, -0.1) is 4.52 Å². The third-order valence-electron chi connectivity index (χ3n) is 1.77. The number of nitriles is 1. The van der Waals surface area contributed by atoms with Gasteiger partial charge in [0.25, 0.3) is 0 Å². The Morgan fingerprint density at radius 2 is 2.17 bits per heavy atom. The van der Waals surface area contributed by atoms with E-state index in [1.807, 2.05) is 19.9 Å². The SMILES string of the molecule is CC(=O)OC(C#N)CCCS[P+](=O)OCC(C)C. The smallest absolute Gasteiger partial charge is 0.447 e. The van der Waals surface area contributed by atoms with Gasteiger partial charge < -0.3 is 4.74 Å². The van der Waals surface area contributed by atoms with Crippen LogP contribution in [0.1, 0.15) is 33.6 Å². The molecule has 0 fully saturated rings. The second-order valence-electron chi connectivity index (χ2n) is 4.12. The fourth-order valence-corrected chi connectivity index (χ4v) is 3.19. The Kier molecular flexibility index (Phi) is 9.95. The summed E-state index contributed by atoms with van der Waals surface area (Å²) >= 11 is 1.23. The molecular formula is C11H19NO4PS+. The first-order valence-corrected chi connectivity index (χ1v) is 8.52. The summed E-state index contributed by atoms with van der Waals surface area (Å²) in [6.45, 7) is 5.74. The third-order valence-corrected chi connectivity index (χ3v) is 4.31. The van der Waals surface area contributed by atoms with Crippen LogP contribution in [-0.4, -0.2) is 24.4 Å². The van der Waals surface area contributed by atoms with Crippen LogP contribution in [0.4, 0.5) is 0 Å². The Hall–Kier alpha value is -0.630. The van der Waals surface area contributed by atoms with Crippen LogP contribution in [0.15, 0.2) is 0 Å². The zero-order chi connectivity index (χ0) is 14.0. The van der Waals surface area contributed by atoms with Gasteiger partial charge in [0.05, 0.1) is 0 Å². The second kappa shape index (κ2) is 10.3. The van der Waals surface area contributed by atoms with Gasteiger partial charge in [-0.25, -0.2) is 0 Å². The van der Waals surface area contributed by atoms with Crippen LogP contribution in [0.2, 0.25) is 0 Å². The van der Waals surface area contributed by atoms with Crippen LogP contribution in [0.5, 0.6) is 0 Å². The maximum atomic E-state index is 11.4. The minimum absolute atomic E-state index is 0.358. The Morgan fingerprint density at radius 3 is 2.67 bits per heavy atom. The fraction of sp³-hybridized carbons (Fsp3) is 0.818. The van der Waals surface area contributed by atoms with Crippen LogP contribution in [0.3, 0.4) is 0 Å². The summed E-state index contributed by atoms with van der Waals surface area (Å²) in [5.74, 6) is 0.518. The summed E-state index contributed by atoms with van der Waals surface area (Å²) in [4.78, 5) is 10.7. The topological polar surface area (TPSA) is 76.4 Å². The predicted molar refractivity (Wildman–Crippen MR) is 71.3 cm³/mol. The lowest BCUT2D eigenvalue weighted by atomic mass is 10.2. The molecule has 0 N–H and O–H groups in total. The molecule has 0 aliphatic carbocycles. The molecule has 0 aromatic carbocycles. The summed E-state index contributed by atoms with van der Waals surface area (Å²) in [5.41, 5.74) is 0. The molecular weight excluding hydrogens is 273 g/mol. The van der Waals surface area contributed by atoms with Gasteiger partial charge in [0.1, 0.15) is 12.7 Å². The number of carbonyl (C=O) groups is 1. The van der Waals surface area contributed by atoms with E-state index in [1.165, 1.54) is 18.3 Å². The van der Waals surface area contributed by atoms with Crippen LogP contribution in [0.25, 0.3) is 0 Å². The van der Waals surface area contributed by atoms with E-state index >= 15 is 0 Å². The molecule has 0 rings (SSSR count). The van der Waals surface area contributed by atoms with E-state index in [0.29, 0.717) is 31.1 Å². The van der Waals surface area contributed by atoms with Crippen LogP contribution in [-0.2, 0) is 18.6 Å². The summed E-state index contributed by atoms with van der Waals surface area (Å²) in [6.07, 6.45) is 0.399. The van der Waals surface area contributed by atoms with Crippen LogP contribution < -0.4 is 0 Å². The molecule has 0 aromatic rings. The number of nitrogens with zero attached hydrogens (tertiary/aromatic N) is 1. The second-order valence-corrected chi connectivity index (χ2v) is 7.16. The number of ether oxygens (including phenoxy) is 1. The number of hydrogen-bond donors (Lipinski definition) is 0. The summed E-state index contributed by atoms with van der Waals surface area (Å²) in [7, 11) is -1.69. The van der Waals surface area contributed by atoms with Gasteiger partial charge in [-0.1, -0.05) is 13.8 Å². The molecule has 102 valence electrons. The molecule has 0 spiro atoms. The van der Waals surface area contributed by atoms with Gasteiger partial charge in [0.15, 0.2) is 17.5 Å². The zero-order valence-electron chi connectivity index (χ0n) is 10.9. The summed E-state index contributed by atoms with van der Waals surface area (Å²) < 4.78 is 21.3. The van der Waals surface area contributed by atoms with Gasteiger partial charge in [-0.2, -0.15) is 5.26 Å². The van der Waals surface area contributed by atoms with Crippen LogP contribution >= 0.6 is 18.6 Å². The van der Waals surface area contributed by atoms with Crippen molar-refractivity contribution in [2.75, 3.05) is 12.4 Å². The maximum absolute atomic E-state index is 11.4. The predicted octanol–water partition coefficient (Wildman–Crippen LogP) is 3.29. The molecule has 0 bridgehead atoms. The minimum Gasteiger partial charge on any atom is -0.447 e. The lowest BCUT2D eigenvalue weighted by molar-refractivity contribution is -0.144. The van der Waals surface area contributed by atoms with E-state index in [-0.39, 0.29) is 0 Å². The molecule has 0 aromatic heterocycles. The van der Waals surface area contributed by atoms with Gasteiger partial charge >= 0.3 is 13.2 Å². The van der Waals surface area contributed by atoms with Crippen molar-refractivity contribution in [3.05, 3.63) is 0 Å². The molecule has 5 nitrogen and oxygen atoms in total. The molecule has 0 saturated heterocycles. The number of rotatable bonds is 9. The highest BCUT2D eigenvalue weighted by atomic mass is 32.7. The molecule has 18 heavy (non-hydrogen) atoms. The van der Waals surface area contributed by atoms with Crippen molar-refractivity contribution in [1.29, 1.82) is 5.26 Å². The van der Waals surface area contributed by atoms with Crippen molar-refractivity contribution >= 4 is 24.6 Å². The van der Waals surface area contributed by atoms with Gasteiger partial charge in [0, 0.05) is 12.7 Å². The molecule has 0 radical (unpaired) electrons. The molecule has 0 amide bonds. The Bertz CT molecular complexity index is 317. The van der Waals surface area contributed by atoms with Crippen LogP contribution in [0, 0.1) is 17.2 Å². The quantitative estimate of drug-likeness (QED) is 0.369. The van der Waals surface area contributed by atoms with E-state index in [1.54, 1.807) is 0 Å².